The molecule has 0 aromatic rings. The Morgan fingerprint density at radius 1 is 1.57 bits per heavy atom. The van der Waals surface area contributed by atoms with E-state index < -0.39 is 6.10 Å². The Morgan fingerprint density at radius 2 is 2.14 bits per heavy atom. The SMILES string of the molecule is CCOC(=O)C(C(C)O)C1CC=CC1. The minimum absolute atomic E-state index is 0.217. The minimum atomic E-state index is -0.626. The molecule has 0 aliphatic heterocycles. The lowest BCUT2D eigenvalue weighted by Gasteiger charge is -2.23. The molecule has 0 heterocycles. The van der Waals surface area contributed by atoms with Crippen LogP contribution in [0.5, 0.6) is 0 Å². The molecule has 2 unspecified atom stereocenters. The van der Waals surface area contributed by atoms with Crippen LogP contribution in [0, 0.1) is 11.8 Å². The number of rotatable bonds is 4. The van der Waals surface area contributed by atoms with Crippen LogP contribution in [0.4, 0.5) is 0 Å². The first-order valence-electron chi connectivity index (χ1n) is 5.16. The molecule has 1 aliphatic rings. The smallest absolute Gasteiger partial charge is 0.311 e. The second kappa shape index (κ2) is 5.15. The number of hydrogen-bond acceptors (Lipinski definition) is 3. The summed E-state index contributed by atoms with van der Waals surface area (Å²) < 4.78 is 4.95. The average Bonchev–Trinajstić information content (AvgIpc) is 2.57. The zero-order chi connectivity index (χ0) is 10.6. The Kier molecular flexibility index (Phi) is 4.14. The Labute approximate surface area is 84.8 Å². The summed E-state index contributed by atoms with van der Waals surface area (Å²) >= 11 is 0. The van der Waals surface area contributed by atoms with E-state index >= 15 is 0 Å². The highest BCUT2D eigenvalue weighted by Gasteiger charge is 2.33. The molecule has 2 atom stereocenters. The number of carbonyl (C=O) groups excluding carboxylic acids is 1. The van der Waals surface area contributed by atoms with Crippen LogP contribution in [0.3, 0.4) is 0 Å². The molecular weight excluding hydrogens is 180 g/mol. The maximum absolute atomic E-state index is 11.6. The monoisotopic (exact) mass is 198 g/mol. The van der Waals surface area contributed by atoms with Crippen molar-refractivity contribution in [2.24, 2.45) is 11.8 Å². The molecule has 0 aromatic heterocycles. The van der Waals surface area contributed by atoms with Gasteiger partial charge >= 0.3 is 5.97 Å². The summed E-state index contributed by atoms with van der Waals surface area (Å²) in [5.74, 6) is -0.421. The van der Waals surface area contributed by atoms with E-state index in [0.29, 0.717) is 6.61 Å². The van der Waals surface area contributed by atoms with E-state index in [1.54, 1.807) is 13.8 Å². The molecule has 14 heavy (non-hydrogen) atoms. The van der Waals surface area contributed by atoms with E-state index in [2.05, 4.69) is 12.2 Å². The summed E-state index contributed by atoms with van der Waals surface area (Å²) in [6.45, 7) is 3.81. The van der Waals surface area contributed by atoms with E-state index in [4.69, 9.17) is 4.74 Å². The first-order chi connectivity index (χ1) is 6.66. The van der Waals surface area contributed by atoms with Gasteiger partial charge in [0.15, 0.2) is 0 Å². The Morgan fingerprint density at radius 3 is 2.57 bits per heavy atom. The maximum atomic E-state index is 11.6. The largest absolute Gasteiger partial charge is 0.466 e. The fourth-order valence-corrected chi connectivity index (χ4v) is 1.95. The van der Waals surface area contributed by atoms with Crippen molar-refractivity contribution in [1.82, 2.24) is 0 Å². The molecule has 3 nitrogen and oxygen atoms in total. The van der Waals surface area contributed by atoms with Crippen LogP contribution in [0.25, 0.3) is 0 Å². The van der Waals surface area contributed by atoms with Crippen LogP contribution in [0.1, 0.15) is 26.7 Å². The lowest BCUT2D eigenvalue weighted by atomic mass is 9.86. The zero-order valence-electron chi connectivity index (χ0n) is 8.77. The van der Waals surface area contributed by atoms with Gasteiger partial charge in [-0.2, -0.15) is 0 Å². The standard InChI is InChI=1S/C11H18O3/c1-3-14-11(13)10(8(2)12)9-6-4-5-7-9/h4-5,8-10,12H,3,6-7H2,1-2H3. The van der Waals surface area contributed by atoms with E-state index in [0.717, 1.165) is 12.8 Å². The third-order valence-corrected chi connectivity index (χ3v) is 2.63. The zero-order valence-corrected chi connectivity index (χ0v) is 8.77. The molecule has 80 valence electrons. The molecule has 1 N–H and O–H groups in total. The Bertz CT molecular complexity index is 213. The normalized spacial score (nSPS) is 20.8. The second-order valence-electron chi connectivity index (χ2n) is 3.72. The fourth-order valence-electron chi connectivity index (χ4n) is 1.95. The van der Waals surface area contributed by atoms with Crippen molar-refractivity contribution < 1.29 is 14.6 Å². The highest BCUT2D eigenvalue weighted by atomic mass is 16.5. The topological polar surface area (TPSA) is 46.5 Å². The molecule has 3 heteroatoms. The van der Waals surface area contributed by atoms with Gasteiger partial charge in [-0.15, -0.1) is 0 Å². The summed E-state index contributed by atoms with van der Waals surface area (Å²) in [5, 5.41) is 9.54. The van der Waals surface area contributed by atoms with Crippen LogP contribution in [0.2, 0.25) is 0 Å². The molecule has 0 amide bonds. The maximum Gasteiger partial charge on any atom is 0.311 e. The molecule has 0 bridgehead atoms. The lowest BCUT2D eigenvalue weighted by Crippen LogP contribution is -2.33. The third kappa shape index (κ3) is 2.58. The quantitative estimate of drug-likeness (QED) is 0.550. The predicted molar refractivity (Wildman–Crippen MR) is 53.7 cm³/mol. The van der Waals surface area contributed by atoms with Gasteiger partial charge in [0.2, 0.25) is 0 Å². The van der Waals surface area contributed by atoms with E-state index in [1.807, 2.05) is 0 Å². The molecule has 1 rings (SSSR count). The van der Waals surface area contributed by atoms with E-state index in [-0.39, 0.29) is 17.8 Å². The summed E-state index contributed by atoms with van der Waals surface area (Å²) in [5.41, 5.74) is 0. The Hall–Kier alpha value is -0.830. The number of aliphatic hydroxyl groups is 1. The number of carbonyl (C=O) groups is 1. The van der Waals surface area contributed by atoms with Gasteiger partial charge < -0.3 is 9.84 Å². The molecule has 0 fully saturated rings. The number of allylic oxidation sites excluding steroid dienone is 2. The van der Waals surface area contributed by atoms with E-state index in [9.17, 15) is 9.90 Å². The van der Waals surface area contributed by atoms with E-state index in [1.165, 1.54) is 0 Å². The third-order valence-electron chi connectivity index (χ3n) is 2.63. The van der Waals surface area contributed by atoms with Crippen molar-refractivity contribution >= 4 is 5.97 Å². The number of ether oxygens (including phenoxy) is 1. The lowest BCUT2D eigenvalue weighted by molar-refractivity contribution is -0.154. The summed E-state index contributed by atoms with van der Waals surface area (Å²) in [4.78, 5) is 11.6. The molecule has 0 aromatic carbocycles. The van der Waals surface area contributed by atoms with Gasteiger partial charge in [0.25, 0.3) is 0 Å². The van der Waals surface area contributed by atoms with Crippen molar-refractivity contribution in [3.8, 4) is 0 Å². The molecule has 0 saturated carbocycles. The Balaban J connectivity index is 2.58. The average molecular weight is 198 g/mol. The molecule has 0 radical (unpaired) electrons. The van der Waals surface area contributed by atoms with Gasteiger partial charge in [-0.05, 0) is 32.6 Å². The minimum Gasteiger partial charge on any atom is -0.466 e. The van der Waals surface area contributed by atoms with Gasteiger partial charge in [0.05, 0.1) is 18.6 Å². The summed E-state index contributed by atoms with van der Waals surface area (Å²) in [7, 11) is 0. The number of esters is 1. The van der Waals surface area contributed by atoms with Gasteiger partial charge in [0.1, 0.15) is 0 Å². The first-order valence-corrected chi connectivity index (χ1v) is 5.16. The van der Waals surface area contributed by atoms with Crippen molar-refractivity contribution in [2.45, 2.75) is 32.8 Å². The molecule has 0 saturated heterocycles. The van der Waals surface area contributed by atoms with Crippen molar-refractivity contribution in [3.05, 3.63) is 12.2 Å². The van der Waals surface area contributed by atoms with Gasteiger partial charge in [-0.25, -0.2) is 0 Å². The second-order valence-corrected chi connectivity index (χ2v) is 3.72. The van der Waals surface area contributed by atoms with Crippen LogP contribution < -0.4 is 0 Å². The highest BCUT2D eigenvalue weighted by molar-refractivity contribution is 5.73. The van der Waals surface area contributed by atoms with Gasteiger partial charge in [-0.1, -0.05) is 12.2 Å². The number of hydrogen-bond donors (Lipinski definition) is 1. The molecule has 1 aliphatic carbocycles. The van der Waals surface area contributed by atoms with Gasteiger partial charge in [0, 0.05) is 0 Å². The highest BCUT2D eigenvalue weighted by Crippen LogP contribution is 2.29. The van der Waals surface area contributed by atoms with Crippen LogP contribution in [-0.2, 0) is 9.53 Å². The fraction of sp³-hybridized carbons (Fsp3) is 0.727. The van der Waals surface area contributed by atoms with Crippen LogP contribution >= 0.6 is 0 Å². The van der Waals surface area contributed by atoms with Crippen LogP contribution in [-0.4, -0.2) is 23.8 Å². The number of aliphatic hydroxyl groups excluding tert-OH is 1. The van der Waals surface area contributed by atoms with Crippen molar-refractivity contribution in [3.63, 3.8) is 0 Å². The molecule has 0 spiro atoms. The first kappa shape index (κ1) is 11.2. The molecular formula is C11H18O3. The van der Waals surface area contributed by atoms with Gasteiger partial charge in [-0.3, -0.25) is 4.79 Å². The summed E-state index contributed by atoms with van der Waals surface area (Å²) in [6.07, 6.45) is 5.22. The predicted octanol–water partition coefficient (Wildman–Crippen LogP) is 1.51. The van der Waals surface area contributed by atoms with Crippen molar-refractivity contribution in [2.75, 3.05) is 6.61 Å². The van der Waals surface area contributed by atoms with Crippen LogP contribution in [0.15, 0.2) is 12.2 Å². The van der Waals surface area contributed by atoms with Crippen molar-refractivity contribution in [1.29, 1.82) is 0 Å². The summed E-state index contributed by atoms with van der Waals surface area (Å²) in [6, 6.07) is 0.